The van der Waals surface area contributed by atoms with Crippen molar-refractivity contribution in [3.8, 4) is 11.4 Å². The van der Waals surface area contributed by atoms with Gasteiger partial charge in [-0.05, 0) is 24.6 Å². The number of hydrogen-bond donors (Lipinski definition) is 2. The fraction of sp³-hybridized carbons (Fsp3) is 0.333. The maximum Gasteiger partial charge on any atom is 0.245 e. The highest BCUT2D eigenvalue weighted by molar-refractivity contribution is 6.35. The predicted octanol–water partition coefficient (Wildman–Crippen LogP) is 2.32. The van der Waals surface area contributed by atoms with Gasteiger partial charge in [0.25, 0.3) is 0 Å². The monoisotopic (exact) mass is 297 g/mol. The van der Waals surface area contributed by atoms with Crippen LogP contribution in [0.1, 0.15) is 6.42 Å². The van der Waals surface area contributed by atoms with Crippen molar-refractivity contribution in [2.24, 2.45) is 5.73 Å². The largest absolute Gasteiger partial charge is 0.338 e. The van der Waals surface area contributed by atoms with E-state index in [2.05, 4.69) is 20.1 Å². The first-order valence-corrected chi connectivity index (χ1v) is 6.77. The number of nitrogens with two attached hydrogens (primary N) is 1. The van der Waals surface area contributed by atoms with Gasteiger partial charge in [0.15, 0.2) is 5.82 Å². The van der Waals surface area contributed by atoms with Crippen LogP contribution in [0.25, 0.3) is 11.4 Å². The molecule has 1 saturated heterocycles. The van der Waals surface area contributed by atoms with Gasteiger partial charge in [0, 0.05) is 29.7 Å². The molecule has 3 N–H and O–H groups in total. The van der Waals surface area contributed by atoms with Crippen LogP contribution in [0.2, 0.25) is 10.0 Å². The molecule has 1 aromatic carbocycles. The van der Waals surface area contributed by atoms with E-state index in [0.717, 1.165) is 25.1 Å². The van der Waals surface area contributed by atoms with Crippen molar-refractivity contribution in [1.82, 2.24) is 15.2 Å². The topological polar surface area (TPSA) is 70.8 Å². The van der Waals surface area contributed by atoms with Crippen LogP contribution in [-0.2, 0) is 0 Å². The lowest BCUT2D eigenvalue weighted by molar-refractivity contribution is 0.750. The van der Waals surface area contributed by atoms with E-state index < -0.39 is 0 Å². The number of rotatable bonds is 2. The Morgan fingerprint density at radius 1 is 1.37 bits per heavy atom. The molecule has 100 valence electrons. The summed E-state index contributed by atoms with van der Waals surface area (Å²) >= 11 is 12.1. The molecule has 0 amide bonds. The fourth-order valence-electron chi connectivity index (χ4n) is 2.16. The first-order valence-electron chi connectivity index (χ1n) is 6.02. The lowest BCUT2D eigenvalue weighted by atomic mass is 10.2. The molecule has 3 rings (SSSR count). The average molecular weight is 298 g/mol. The van der Waals surface area contributed by atoms with Gasteiger partial charge in [-0.3, -0.25) is 5.10 Å². The summed E-state index contributed by atoms with van der Waals surface area (Å²) in [6.45, 7) is 1.66. The third kappa shape index (κ3) is 2.54. The van der Waals surface area contributed by atoms with Crippen molar-refractivity contribution in [2.75, 3.05) is 18.0 Å². The van der Waals surface area contributed by atoms with E-state index in [1.807, 2.05) is 0 Å². The molecule has 1 unspecified atom stereocenters. The number of hydrogen-bond acceptors (Lipinski definition) is 4. The number of nitrogens with zero attached hydrogens (tertiary/aromatic N) is 3. The van der Waals surface area contributed by atoms with E-state index in [1.54, 1.807) is 18.2 Å². The Balaban J connectivity index is 1.90. The van der Waals surface area contributed by atoms with Crippen molar-refractivity contribution < 1.29 is 0 Å². The second-order valence-electron chi connectivity index (χ2n) is 4.60. The molecule has 0 aliphatic carbocycles. The van der Waals surface area contributed by atoms with Gasteiger partial charge < -0.3 is 10.6 Å². The molecule has 2 heterocycles. The van der Waals surface area contributed by atoms with Crippen molar-refractivity contribution in [1.29, 1.82) is 0 Å². The highest BCUT2D eigenvalue weighted by Crippen LogP contribution is 2.29. The molecule has 7 heteroatoms. The summed E-state index contributed by atoms with van der Waals surface area (Å²) < 4.78 is 0. The van der Waals surface area contributed by atoms with Crippen LogP contribution in [-0.4, -0.2) is 34.3 Å². The number of benzene rings is 1. The number of nitrogens with one attached hydrogen (secondary N) is 1. The van der Waals surface area contributed by atoms with Gasteiger partial charge in [-0.1, -0.05) is 23.2 Å². The Morgan fingerprint density at radius 2 is 2.21 bits per heavy atom. The fourth-order valence-corrected chi connectivity index (χ4v) is 2.54. The zero-order valence-electron chi connectivity index (χ0n) is 10.1. The molecule has 0 saturated carbocycles. The van der Waals surface area contributed by atoms with Crippen LogP contribution < -0.4 is 10.6 Å². The highest BCUT2D eigenvalue weighted by Gasteiger charge is 2.22. The van der Waals surface area contributed by atoms with Gasteiger partial charge in [0.1, 0.15) is 0 Å². The molecule has 19 heavy (non-hydrogen) atoms. The number of anilines is 1. The SMILES string of the molecule is NC1CCN(c2n[nH]c(-c3cc(Cl)ccc3Cl)n2)C1. The van der Waals surface area contributed by atoms with Crippen LogP contribution in [0.5, 0.6) is 0 Å². The van der Waals surface area contributed by atoms with Crippen LogP contribution in [0.15, 0.2) is 18.2 Å². The quantitative estimate of drug-likeness (QED) is 0.892. The molecule has 2 aromatic rings. The molecule has 0 bridgehead atoms. The van der Waals surface area contributed by atoms with E-state index in [0.29, 0.717) is 21.8 Å². The smallest absolute Gasteiger partial charge is 0.245 e. The summed E-state index contributed by atoms with van der Waals surface area (Å²) in [4.78, 5) is 6.52. The van der Waals surface area contributed by atoms with Crippen molar-refractivity contribution >= 4 is 29.2 Å². The molecular weight excluding hydrogens is 285 g/mol. The summed E-state index contributed by atoms with van der Waals surface area (Å²) in [6, 6.07) is 5.44. The van der Waals surface area contributed by atoms with Crippen molar-refractivity contribution in [3.63, 3.8) is 0 Å². The average Bonchev–Trinajstić information content (AvgIpc) is 3.00. The molecule has 0 spiro atoms. The number of aromatic nitrogens is 3. The van der Waals surface area contributed by atoms with Crippen molar-refractivity contribution in [3.05, 3.63) is 28.2 Å². The Kier molecular flexibility index (Phi) is 3.35. The third-order valence-electron chi connectivity index (χ3n) is 3.16. The number of halogens is 2. The Morgan fingerprint density at radius 3 is 2.95 bits per heavy atom. The standard InChI is InChI=1S/C12H13Cl2N5/c13-7-1-2-10(14)9(5-7)11-16-12(18-17-11)19-4-3-8(15)6-19/h1-2,5,8H,3-4,6,15H2,(H,16,17,18). The molecule has 1 aliphatic heterocycles. The molecular formula is C12H13Cl2N5. The number of H-pyrrole nitrogens is 1. The zero-order chi connectivity index (χ0) is 13.4. The minimum atomic E-state index is 0.191. The van der Waals surface area contributed by atoms with Crippen LogP contribution >= 0.6 is 23.2 Å². The second-order valence-corrected chi connectivity index (χ2v) is 5.45. The Hall–Kier alpha value is -1.30. The second kappa shape index (κ2) is 5.00. The van der Waals surface area contributed by atoms with Gasteiger partial charge in [0.2, 0.25) is 5.95 Å². The molecule has 0 radical (unpaired) electrons. The Labute approximate surface area is 120 Å². The summed E-state index contributed by atoms with van der Waals surface area (Å²) in [5.41, 5.74) is 6.63. The normalized spacial score (nSPS) is 19.1. The van der Waals surface area contributed by atoms with E-state index in [4.69, 9.17) is 28.9 Å². The van der Waals surface area contributed by atoms with Gasteiger partial charge in [-0.15, -0.1) is 5.10 Å². The minimum absolute atomic E-state index is 0.191. The summed E-state index contributed by atoms with van der Waals surface area (Å²) in [5.74, 6) is 1.27. The summed E-state index contributed by atoms with van der Waals surface area (Å²) in [6.07, 6.45) is 0.960. The molecule has 1 aromatic heterocycles. The van der Waals surface area contributed by atoms with Gasteiger partial charge >= 0.3 is 0 Å². The molecule has 1 aliphatic rings. The Bertz CT molecular complexity index is 598. The maximum absolute atomic E-state index is 6.14. The lowest BCUT2D eigenvalue weighted by Crippen LogP contribution is -2.26. The molecule has 1 atom stereocenters. The van der Waals surface area contributed by atoms with E-state index >= 15 is 0 Å². The first kappa shape index (κ1) is 12.7. The van der Waals surface area contributed by atoms with Crippen LogP contribution in [0.3, 0.4) is 0 Å². The number of aromatic amines is 1. The zero-order valence-corrected chi connectivity index (χ0v) is 11.6. The summed E-state index contributed by atoms with van der Waals surface area (Å²) in [5, 5.41) is 8.31. The third-order valence-corrected chi connectivity index (χ3v) is 3.73. The van der Waals surface area contributed by atoms with Gasteiger partial charge in [0.05, 0.1) is 5.02 Å². The van der Waals surface area contributed by atoms with Crippen LogP contribution in [0, 0.1) is 0 Å². The van der Waals surface area contributed by atoms with Crippen molar-refractivity contribution in [2.45, 2.75) is 12.5 Å². The molecule has 1 fully saturated rings. The van der Waals surface area contributed by atoms with E-state index in [9.17, 15) is 0 Å². The first-order chi connectivity index (χ1) is 9.13. The van der Waals surface area contributed by atoms with Gasteiger partial charge in [-0.2, -0.15) is 4.98 Å². The maximum atomic E-state index is 6.14. The lowest BCUT2D eigenvalue weighted by Gasteiger charge is -2.11. The highest BCUT2D eigenvalue weighted by atomic mass is 35.5. The predicted molar refractivity (Wildman–Crippen MR) is 76.6 cm³/mol. The van der Waals surface area contributed by atoms with E-state index in [-0.39, 0.29) is 6.04 Å². The molecule has 5 nitrogen and oxygen atoms in total. The van der Waals surface area contributed by atoms with E-state index in [1.165, 1.54) is 0 Å². The van der Waals surface area contributed by atoms with Gasteiger partial charge in [-0.25, -0.2) is 0 Å². The van der Waals surface area contributed by atoms with Crippen LogP contribution in [0.4, 0.5) is 5.95 Å². The summed E-state index contributed by atoms with van der Waals surface area (Å²) in [7, 11) is 0. The minimum Gasteiger partial charge on any atom is -0.338 e.